The second-order valence-electron chi connectivity index (χ2n) is 3.43. The first-order valence-electron chi connectivity index (χ1n) is 4.74. The first-order valence-corrected chi connectivity index (χ1v) is 4.74. The fourth-order valence-corrected chi connectivity index (χ4v) is 1.27. The summed E-state index contributed by atoms with van der Waals surface area (Å²) >= 11 is 0. The molecule has 1 unspecified atom stereocenters. The molecule has 2 N–H and O–H groups in total. The van der Waals surface area contributed by atoms with Crippen molar-refractivity contribution in [2.75, 3.05) is 6.54 Å². The lowest BCUT2D eigenvalue weighted by atomic mass is 9.93. The molecule has 0 amide bonds. The van der Waals surface area contributed by atoms with Crippen LogP contribution in [0.5, 0.6) is 0 Å². The Morgan fingerprint density at radius 3 is 2.73 bits per heavy atom. The van der Waals surface area contributed by atoms with Gasteiger partial charge in [0.05, 0.1) is 6.10 Å². The second-order valence-corrected chi connectivity index (χ2v) is 3.43. The zero-order valence-corrected chi connectivity index (χ0v) is 7.34. The third-order valence-electron chi connectivity index (χ3n) is 2.49. The Hall–Kier alpha value is -0.0800. The summed E-state index contributed by atoms with van der Waals surface area (Å²) in [4.78, 5) is 0. The highest BCUT2D eigenvalue weighted by atomic mass is 16.3. The van der Waals surface area contributed by atoms with E-state index in [-0.39, 0.29) is 6.10 Å². The summed E-state index contributed by atoms with van der Waals surface area (Å²) < 4.78 is 0. The van der Waals surface area contributed by atoms with Crippen LogP contribution in [0.25, 0.3) is 0 Å². The van der Waals surface area contributed by atoms with Crippen LogP contribution in [-0.4, -0.2) is 23.8 Å². The highest BCUT2D eigenvalue weighted by molar-refractivity contribution is 4.76. The van der Waals surface area contributed by atoms with E-state index in [1.807, 2.05) is 6.92 Å². The molecule has 1 fully saturated rings. The summed E-state index contributed by atoms with van der Waals surface area (Å²) in [7, 11) is 0. The molecule has 0 saturated heterocycles. The van der Waals surface area contributed by atoms with Gasteiger partial charge in [-0.25, -0.2) is 0 Å². The minimum atomic E-state index is -0.0948. The van der Waals surface area contributed by atoms with Crippen molar-refractivity contribution in [2.24, 2.45) is 0 Å². The summed E-state index contributed by atoms with van der Waals surface area (Å²) in [5.74, 6) is 0. The molecule has 0 bridgehead atoms. The second kappa shape index (κ2) is 4.73. The van der Waals surface area contributed by atoms with Gasteiger partial charge in [-0.2, -0.15) is 0 Å². The maximum atomic E-state index is 9.22. The number of hydrogen-bond donors (Lipinski definition) is 2. The minimum Gasteiger partial charge on any atom is -0.393 e. The molecule has 2 heteroatoms. The van der Waals surface area contributed by atoms with E-state index in [9.17, 15) is 5.11 Å². The predicted octanol–water partition coefficient (Wildman–Crippen LogP) is 1.29. The van der Waals surface area contributed by atoms with Gasteiger partial charge in [-0.1, -0.05) is 13.3 Å². The Labute approximate surface area is 69.0 Å². The summed E-state index contributed by atoms with van der Waals surface area (Å²) in [5, 5.41) is 12.6. The van der Waals surface area contributed by atoms with Crippen LogP contribution in [0.2, 0.25) is 0 Å². The first kappa shape index (κ1) is 9.01. The van der Waals surface area contributed by atoms with Gasteiger partial charge in [0, 0.05) is 6.04 Å². The quantitative estimate of drug-likeness (QED) is 0.630. The van der Waals surface area contributed by atoms with E-state index in [2.05, 4.69) is 5.32 Å². The van der Waals surface area contributed by atoms with Crippen LogP contribution >= 0.6 is 0 Å². The molecular formula is C9H19NO. The smallest absolute Gasteiger partial charge is 0.0549 e. The van der Waals surface area contributed by atoms with E-state index in [0.29, 0.717) is 0 Å². The number of aliphatic hydroxyl groups is 1. The predicted molar refractivity (Wildman–Crippen MR) is 46.6 cm³/mol. The van der Waals surface area contributed by atoms with Crippen molar-refractivity contribution in [1.29, 1.82) is 0 Å². The Kier molecular flexibility index (Phi) is 3.87. The van der Waals surface area contributed by atoms with E-state index in [0.717, 1.165) is 25.4 Å². The molecule has 0 aromatic heterocycles. The fourth-order valence-electron chi connectivity index (χ4n) is 1.27. The van der Waals surface area contributed by atoms with Crippen molar-refractivity contribution >= 4 is 0 Å². The van der Waals surface area contributed by atoms with Crippen molar-refractivity contribution in [3.8, 4) is 0 Å². The normalized spacial score (nSPS) is 21.3. The van der Waals surface area contributed by atoms with E-state index in [4.69, 9.17) is 0 Å². The van der Waals surface area contributed by atoms with E-state index < -0.39 is 0 Å². The van der Waals surface area contributed by atoms with Crippen molar-refractivity contribution < 1.29 is 5.11 Å². The topological polar surface area (TPSA) is 32.3 Å². The Morgan fingerprint density at radius 1 is 1.55 bits per heavy atom. The van der Waals surface area contributed by atoms with Gasteiger partial charge in [-0.3, -0.25) is 0 Å². The van der Waals surface area contributed by atoms with Gasteiger partial charge >= 0.3 is 0 Å². The summed E-state index contributed by atoms with van der Waals surface area (Å²) in [6.45, 7) is 3.01. The Morgan fingerprint density at radius 2 is 2.27 bits per heavy atom. The van der Waals surface area contributed by atoms with Crippen LogP contribution < -0.4 is 5.32 Å². The molecule has 1 atom stereocenters. The van der Waals surface area contributed by atoms with E-state index >= 15 is 0 Å². The Balaban J connectivity index is 1.86. The molecule has 0 spiro atoms. The van der Waals surface area contributed by atoms with Crippen LogP contribution in [0.3, 0.4) is 0 Å². The van der Waals surface area contributed by atoms with Gasteiger partial charge in [-0.05, 0) is 32.2 Å². The van der Waals surface area contributed by atoms with Crippen LogP contribution in [0.15, 0.2) is 0 Å². The third-order valence-corrected chi connectivity index (χ3v) is 2.49. The lowest BCUT2D eigenvalue weighted by Gasteiger charge is -2.26. The number of nitrogens with one attached hydrogen (secondary N) is 1. The van der Waals surface area contributed by atoms with Gasteiger partial charge in [0.1, 0.15) is 0 Å². The van der Waals surface area contributed by atoms with Crippen LogP contribution in [0.1, 0.15) is 39.0 Å². The van der Waals surface area contributed by atoms with Gasteiger partial charge in [0.15, 0.2) is 0 Å². The SMILES string of the molecule is CCC(O)CCNC1CCC1. The summed E-state index contributed by atoms with van der Waals surface area (Å²) in [6.07, 6.45) is 5.75. The average Bonchev–Trinajstić information content (AvgIpc) is 1.94. The molecule has 0 aromatic rings. The highest BCUT2D eigenvalue weighted by Gasteiger charge is 2.15. The Bertz CT molecular complexity index is 97.0. The zero-order chi connectivity index (χ0) is 8.10. The van der Waals surface area contributed by atoms with Crippen LogP contribution in [-0.2, 0) is 0 Å². The zero-order valence-electron chi connectivity index (χ0n) is 7.34. The molecule has 0 aliphatic heterocycles. The summed E-state index contributed by atoms with van der Waals surface area (Å²) in [6, 6.07) is 0.763. The molecular weight excluding hydrogens is 138 g/mol. The van der Waals surface area contributed by atoms with Crippen molar-refractivity contribution in [2.45, 2.75) is 51.2 Å². The van der Waals surface area contributed by atoms with Gasteiger partial charge in [-0.15, -0.1) is 0 Å². The maximum absolute atomic E-state index is 9.22. The summed E-state index contributed by atoms with van der Waals surface area (Å²) in [5.41, 5.74) is 0. The molecule has 1 saturated carbocycles. The van der Waals surface area contributed by atoms with Crippen molar-refractivity contribution in [3.05, 3.63) is 0 Å². The van der Waals surface area contributed by atoms with Crippen molar-refractivity contribution in [1.82, 2.24) is 5.32 Å². The molecule has 0 aromatic carbocycles. The molecule has 0 radical (unpaired) electrons. The molecule has 66 valence electrons. The van der Waals surface area contributed by atoms with Gasteiger partial charge in [0.2, 0.25) is 0 Å². The lowest BCUT2D eigenvalue weighted by molar-refractivity contribution is 0.156. The lowest BCUT2D eigenvalue weighted by Crippen LogP contribution is -2.36. The largest absolute Gasteiger partial charge is 0.393 e. The van der Waals surface area contributed by atoms with Gasteiger partial charge in [0.25, 0.3) is 0 Å². The van der Waals surface area contributed by atoms with Crippen LogP contribution in [0, 0.1) is 0 Å². The standard InChI is InChI=1S/C9H19NO/c1-2-9(11)6-7-10-8-4-3-5-8/h8-11H,2-7H2,1H3. The monoisotopic (exact) mass is 157 g/mol. The van der Waals surface area contributed by atoms with E-state index in [1.54, 1.807) is 0 Å². The molecule has 0 heterocycles. The average molecular weight is 157 g/mol. The highest BCUT2D eigenvalue weighted by Crippen LogP contribution is 2.17. The molecule has 2 nitrogen and oxygen atoms in total. The molecule has 1 aliphatic rings. The maximum Gasteiger partial charge on any atom is 0.0549 e. The van der Waals surface area contributed by atoms with Crippen LogP contribution in [0.4, 0.5) is 0 Å². The third kappa shape index (κ3) is 3.21. The fraction of sp³-hybridized carbons (Fsp3) is 1.00. The number of rotatable bonds is 5. The van der Waals surface area contributed by atoms with E-state index in [1.165, 1.54) is 19.3 Å². The number of aliphatic hydroxyl groups excluding tert-OH is 1. The first-order chi connectivity index (χ1) is 5.33. The molecule has 11 heavy (non-hydrogen) atoms. The molecule has 1 aliphatic carbocycles. The molecule has 1 rings (SSSR count). The van der Waals surface area contributed by atoms with Gasteiger partial charge < -0.3 is 10.4 Å². The van der Waals surface area contributed by atoms with Crippen molar-refractivity contribution in [3.63, 3.8) is 0 Å². The number of hydrogen-bond acceptors (Lipinski definition) is 2. The minimum absolute atomic E-state index is 0.0948.